The van der Waals surface area contributed by atoms with E-state index in [0.717, 1.165) is 0 Å². The molecule has 7 rings (SSSR count). The van der Waals surface area contributed by atoms with Gasteiger partial charge in [0.2, 0.25) is 0 Å². The molecular weight excluding hydrogens is 874 g/mol. The van der Waals surface area contributed by atoms with Crippen LogP contribution in [0, 0.1) is 11.6 Å². The van der Waals surface area contributed by atoms with Gasteiger partial charge in [0.15, 0.2) is 19.2 Å². The van der Waals surface area contributed by atoms with Crippen LogP contribution in [0.2, 0.25) is 0 Å². The van der Waals surface area contributed by atoms with Crippen molar-refractivity contribution < 1.29 is 65.1 Å². The molecule has 4 aromatic carbocycles. The summed E-state index contributed by atoms with van der Waals surface area (Å²) in [5, 5.41) is 12.4. The standard InChI is InChI=1S/C47H50F5N5O9/c1-46(2,3)66-45(61)57-29-16-17-30(57)23-56(22-29)42-34-21-36(53-44(60)63-24-27-11-7-5-8-12-27)39(40(49)41(34)54-43(55-42)64-25-47(50,51)52)33-20-31(65-26-62-4)19-28-15-18-35(48)32(38(28)33)13-9-6-10-14-37(58)59/h5,7-8,11-12,15,18-21,29-30H,6,9-10,13-14,16-17,22-26H2,1-4H3,(H,53,60)(H,58,59)/t29-,30+. The molecule has 0 saturated carbocycles. The number of carbonyl (C=O) groups is 3. The number of hydrogen-bond donors (Lipinski definition) is 2. The van der Waals surface area contributed by atoms with Crippen molar-refractivity contribution in [3.8, 4) is 22.9 Å². The number of methoxy groups -OCH3 is 1. The molecule has 2 aliphatic rings. The first kappa shape index (κ1) is 47.5. The predicted molar refractivity (Wildman–Crippen MR) is 234 cm³/mol. The monoisotopic (exact) mass is 923 g/mol. The first-order chi connectivity index (χ1) is 31.4. The Balaban J connectivity index is 1.43. The third-order valence-corrected chi connectivity index (χ3v) is 11.2. The van der Waals surface area contributed by atoms with Crippen LogP contribution in [0.4, 0.5) is 43.0 Å². The van der Waals surface area contributed by atoms with Crippen LogP contribution in [-0.4, -0.2) is 95.6 Å². The number of ether oxygens (including phenoxy) is 5. The Hall–Kier alpha value is -6.50. The third kappa shape index (κ3) is 11.3. The molecule has 66 heavy (non-hydrogen) atoms. The molecule has 0 spiro atoms. The molecule has 2 saturated heterocycles. The molecule has 352 valence electrons. The Morgan fingerprint density at radius 1 is 0.909 bits per heavy atom. The number of carbonyl (C=O) groups excluding carboxylic acids is 2. The molecule has 2 aliphatic heterocycles. The topological polar surface area (TPSA) is 162 Å². The van der Waals surface area contributed by atoms with Crippen LogP contribution in [0.15, 0.2) is 60.7 Å². The number of piperazine rings is 1. The van der Waals surface area contributed by atoms with Crippen molar-refractivity contribution in [1.82, 2.24) is 14.9 Å². The number of aryl methyl sites for hydroxylation is 1. The van der Waals surface area contributed by atoms with E-state index in [2.05, 4.69) is 15.3 Å². The summed E-state index contributed by atoms with van der Waals surface area (Å²) < 4.78 is 102. The van der Waals surface area contributed by atoms with Crippen LogP contribution >= 0.6 is 0 Å². The van der Waals surface area contributed by atoms with E-state index in [0.29, 0.717) is 43.1 Å². The number of anilines is 2. The van der Waals surface area contributed by atoms with Gasteiger partial charge in [-0.05, 0) is 105 Å². The first-order valence-electron chi connectivity index (χ1n) is 21.5. The fourth-order valence-corrected chi connectivity index (χ4v) is 8.46. The van der Waals surface area contributed by atoms with Crippen molar-refractivity contribution in [1.29, 1.82) is 0 Å². The molecule has 5 aromatic rings. The second kappa shape index (κ2) is 19.9. The fourth-order valence-electron chi connectivity index (χ4n) is 8.46. The van der Waals surface area contributed by atoms with Gasteiger partial charge in [-0.1, -0.05) is 42.8 Å². The maximum Gasteiger partial charge on any atom is 0.422 e. The van der Waals surface area contributed by atoms with Crippen LogP contribution in [-0.2, 0) is 32.0 Å². The molecule has 0 aliphatic carbocycles. The van der Waals surface area contributed by atoms with Gasteiger partial charge in [-0.25, -0.2) is 18.4 Å². The summed E-state index contributed by atoms with van der Waals surface area (Å²) in [5.41, 5.74) is -0.979. The minimum atomic E-state index is -4.82. The second-order valence-corrected chi connectivity index (χ2v) is 17.2. The van der Waals surface area contributed by atoms with Crippen molar-refractivity contribution >= 4 is 51.3 Å². The number of halogens is 5. The average Bonchev–Trinajstić information content (AvgIpc) is 3.53. The van der Waals surface area contributed by atoms with Gasteiger partial charge in [-0.2, -0.15) is 23.1 Å². The van der Waals surface area contributed by atoms with Crippen LogP contribution in [0.1, 0.15) is 70.4 Å². The van der Waals surface area contributed by atoms with Crippen molar-refractivity contribution in [3.05, 3.63) is 83.4 Å². The van der Waals surface area contributed by atoms with Gasteiger partial charge in [0.05, 0.1) is 17.8 Å². The van der Waals surface area contributed by atoms with Crippen LogP contribution < -0.4 is 19.7 Å². The van der Waals surface area contributed by atoms with Crippen LogP contribution in [0.25, 0.3) is 32.8 Å². The highest BCUT2D eigenvalue weighted by molar-refractivity contribution is 6.08. The molecule has 0 unspecified atom stereocenters. The number of nitrogens with one attached hydrogen (secondary N) is 1. The number of aliphatic carboxylic acids is 1. The van der Waals surface area contributed by atoms with Crippen molar-refractivity contribution in [2.45, 2.75) is 96.2 Å². The van der Waals surface area contributed by atoms with Crippen LogP contribution in [0.5, 0.6) is 11.8 Å². The van der Waals surface area contributed by atoms with E-state index in [-0.39, 0.29) is 84.0 Å². The highest BCUT2D eigenvalue weighted by Crippen LogP contribution is 2.46. The highest BCUT2D eigenvalue weighted by Gasteiger charge is 2.45. The number of hydrogen-bond acceptors (Lipinski definition) is 11. The average molecular weight is 924 g/mol. The van der Waals surface area contributed by atoms with Gasteiger partial charge in [-0.3, -0.25) is 15.0 Å². The van der Waals surface area contributed by atoms with Crippen molar-refractivity contribution in [2.75, 3.05) is 43.8 Å². The summed E-state index contributed by atoms with van der Waals surface area (Å²) >= 11 is 0. The summed E-state index contributed by atoms with van der Waals surface area (Å²) in [5.74, 6) is -2.62. The Bertz CT molecular complexity index is 2580. The van der Waals surface area contributed by atoms with Crippen molar-refractivity contribution in [3.63, 3.8) is 0 Å². The summed E-state index contributed by atoms with van der Waals surface area (Å²) in [4.78, 5) is 50.3. The lowest BCUT2D eigenvalue weighted by Crippen LogP contribution is -2.57. The molecule has 0 radical (unpaired) electrons. The number of benzene rings is 4. The number of aromatic nitrogens is 2. The zero-order valence-corrected chi connectivity index (χ0v) is 36.8. The van der Waals surface area contributed by atoms with E-state index in [1.807, 2.05) is 0 Å². The minimum absolute atomic E-state index is 0.0124. The van der Waals surface area contributed by atoms with Gasteiger partial charge in [0, 0.05) is 37.6 Å². The number of carboxylic acid groups (broad SMARTS) is 1. The molecule has 2 bridgehead atoms. The number of amides is 2. The summed E-state index contributed by atoms with van der Waals surface area (Å²) in [6.45, 7) is 3.30. The highest BCUT2D eigenvalue weighted by atomic mass is 19.4. The lowest BCUT2D eigenvalue weighted by Gasteiger charge is -2.42. The van der Waals surface area contributed by atoms with Crippen molar-refractivity contribution in [2.24, 2.45) is 0 Å². The maximum absolute atomic E-state index is 18.1. The molecule has 2 amide bonds. The quantitative estimate of drug-likeness (QED) is 0.0548. The van der Waals surface area contributed by atoms with Gasteiger partial charge in [-0.15, -0.1) is 0 Å². The van der Waals surface area contributed by atoms with E-state index >= 15 is 8.78 Å². The van der Waals surface area contributed by atoms with Gasteiger partial charge in [0.1, 0.15) is 35.1 Å². The maximum atomic E-state index is 18.1. The Labute approximate surface area is 376 Å². The Morgan fingerprint density at radius 2 is 1.64 bits per heavy atom. The number of rotatable bonds is 16. The second-order valence-electron chi connectivity index (χ2n) is 17.2. The van der Waals surface area contributed by atoms with E-state index < -0.39 is 71.8 Å². The summed E-state index contributed by atoms with van der Waals surface area (Å²) in [6, 6.07) is 14.3. The molecule has 2 N–H and O–H groups in total. The summed E-state index contributed by atoms with van der Waals surface area (Å²) in [6.07, 6.45) is -4.04. The number of carboxylic acids is 1. The molecule has 3 heterocycles. The Kier molecular flexibility index (Phi) is 14.3. The zero-order chi connectivity index (χ0) is 47.3. The van der Waals surface area contributed by atoms with Gasteiger partial charge >= 0.3 is 30.3 Å². The fraction of sp³-hybridized carbons (Fsp3) is 0.426. The van der Waals surface area contributed by atoms with E-state index in [1.54, 1.807) is 67.0 Å². The third-order valence-electron chi connectivity index (χ3n) is 11.2. The zero-order valence-electron chi connectivity index (χ0n) is 36.8. The van der Waals surface area contributed by atoms with E-state index in [9.17, 15) is 27.6 Å². The summed E-state index contributed by atoms with van der Waals surface area (Å²) in [7, 11) is 1.39. The lowest BCUT2D eigenvalue weighted by atomic mass is 9.90. The van der Waals surface area contributed by atoms with E-state index in [4.69, 9.17) is 28.8 Å². The van der Waals surface area contributed by atoms with Gasteiger partial charge in [0.25, 0.3) is 0 Å². The molecule has 1 aromatic heterocycles. The number of fused-ring (bicyclic) bond motifs is 4. The predicted octanol–water partition coefficient (Wildman–Crippen LogP) is 10.2. The largest absolute Gasteiger partial charge is 0.481 e. The molecular formula is C47H50F5N5O9. The number of alkyl halides is 3. The molecule has 2 fully saturated rings. The minimum Gasteiger partial charge on any atom is -0.481 e. The lowest BCUT2D eigenvalue weighted by molar-refractivity contribution is -0.154. The smallest absolute Gasteiger partial charge is 0.422 e. The normalized spacial score (nSPS) is 16.1. The van der Waals surface area contributed by atoms with Crippen LogP contribution in [0.3, 0.4) is 0 Å². The SMILES string of the molecule is COCOc1cc(-c2c(NC(=O)OCc3ccccc3)cc3c(N4C[C@H]5CC[C@@H](C4)N5C(=O)OC(C)(C)C)nc(OCC(F)(F)F)nc3c2F)c2c(CCCCCC(=O)O)c(F)ccc2c1. The first-order valence-corrected chi connectivity index (χ1v) is 21.5. The molecule has 2 atom stereocenters. The number of nitrogens with zero attached hydrogens (tertiary/aromatic N) is 4. The molecule has 14 nitrogen and oxygen atoms in total. The van der Waals surface area contributed by atoms with E-state index in [1.165, 1.54) is 31.4 Å². The Morgan fingerprint density at radius 3 is 2.30 bits per heavy atom. The number of unbranched alkanes of at least 4 members (excludes halogenated alkanes) is 2. The van der Waals surface area contributed by atoms with Gasteiger partial charge < -0.3 is 33.7 Å². The molecule has 19 heteroatoms.